The van der Waals surface area contributed by atoms with Gasteiger partial charge >= 0.3 is 0 Å². The molecule has 0 saturated carbocycles. The number of unbranched alkanes of at least 4 members (excludes halogenated alkanes) is 1. The molecule has 0 aliphatic rings. The molecule has 0 saturated heterocycles. The van der Waals surface area contributed by atoms with E-state index in [4.69, 9.17) is 0 Å². The van der Waals surface area contributed by atoms with E-state index in [1.807, 2.05) is 18.2 Å². The number of nitrogens with zero attached hydrogens (tertiary/aromatic N) is 2. The predicted molar refractivity (Wildman–Crippen MR) is 68.6 cm³/mol. The lowest BCUT2D eigenvalue weighted by Gasteiger charge is -2.05. The van der Waals surface area contributed by atoms with Crippen LogP contribution in [0.4, 0.5) is 0 Å². The molecule has 1 aromatic carbocycles. The van der Waals surface area contributed by atoms with Gasteiger partial charge in [-0.3, -0.25) is 9.36 Å². The molecule has 0 atom stereocenters. The lowest BCUT2D eigenvalue weighted by atomic mass is 10.2. The van der Waals surface area contributed by atoms with Gasteiger partial charge in [0, 0.05) is 11.0 Å². The van der Waals surface area contributed by atoms with E-state index in [0.717, 1.165) is 29.4 Å². The first-order valence-corrected chi connectivity index (χ1v) is 6.16. The lowest BCUT2D eigenvalue weighted by Crippen LogP contribution is -2.20. The van der Waals surface area contributed by atoms with Crippen LogP contribution in [0.25, 0.3) is 10.9 Å². The van der Waals surface area contributed by atoms with Crippen LogP contribution in [0, 0.1) is 0 Å². The number of aryl methyl sites for hydroxylation is 1. The Balaban J connectivity index is 2.53. The van der Waals surface area contributed by atoms with Crippen molar-refractivity contribution in [2.24, 2.45) is 0 Å². The number of aromatic nitrogens is 2. The standard InChI is InChI=1S/C12H13BrN2O/c1-2-3-6-15-8-14-11-7-9(13)4-5-10(11)12(15)16/h4-5,7-8H,2-3,6H2,1H3. The van der Waals surface area contributed by atoms with Crippen molar-refractivity contribution in [3.05, 3.63) is 39.4 Å². The third-order valence-corrected chi connectivity index (χ3v) is 3.03. The maximum Gasteiger partial charge on any atom is 0.261 e. The Bertz CT molecular complexity index is 562. The van der Waals surface area contributed by atoms with Crippen LogP contribution in [0.3, 0.4) is 0 Å². The zero-order valence-corrected chi connectivity index (χ0v) is 10.7. The highest BCUT2D eigenvalue weighted by molar-refractivity contribution is 9.10. The van der Waals surface area contributed by atoms with Crippen molar-refractivity contribution in [3.8, 4) is 0 Å². The summed E-state index contributed by atoms with van der Waals surface area (Å²) in [6, 6.07) is 5.55. The molecular formula is C12H13BrN2O. The normalized spacial score (nSPS) is 10.9. The molecule has 0 aliphatic heterocycles. The Labute approximate surface area is 102 Å². The monoisotopic (exact) mass is 280 g/mol. The quantitative estimate of drug-likeness (QED) is 0.867. The fraction of sp³-hybridized carbons (Fsp3) is 0.333. The summed E-state index contributed by atoms with van der Waals surface area (Å²) in [6.07, 6.45) is 3.71. The molecule has 0 fully saturated rings. The SMILES string of the molecule is CCCCn1cnc2cc(Br)ccc2c1=O. The van der Waals surface area contributed by atoms with E-state index >= 15 is 0 Å². The van der Waals surface area contributed by atoms with Gasteiger partial charge in [-0.15, -0.1) is 0 Å². The highest BCUT2D eigenvalue weighted by Crippen LogP contribution is 2.14. The lowest BCUT2D eigenvalue weighted by molar-refractivity contribution is 0.608. The largest absolute Gasteiger partial charge is 0.299 e. The average Bonchev–Trinajstić information content (AvgIpc) is 2.28. The van der Waals surface area contributed by atoms with Crippen LogP contribution in [0.5, 0.6) is 0 Å². The molecule has 4 heteroatoms. The highest BCUT2D eigenvalue weighted by atomic mass is 79.9. The smallest absolute Gasteiger partial charge is 0.261 e. The third-order valence-electron chi connectivity index (χ3n) is 2.54. The zero-order chi connectivity index (χ0) is 11.5. The summed E-state index contributed by atoms with van der Waals surface area (Å²) in [5.41, 5.74) is 0.790. The second-order valence-corrected chi connectivity index (χ2v) is 4.67. The molecule has 2 aromatic rings. The van der Waals surface area contributed by atoms with Crippen LogP contribution in [-0.2, 0) is 6.54 Å². The Morgan fingerprint density at radius 1 is 1.44 bits per heavy atom. The molecule has 0 amide bonds. The Morgan fingerprint density at radius 3 is 3.00 bits per heavy atom. The maximum atomic E-state index is 12.1. The highest BCUT2D eigenvalue weighted by Gasteiger charge is 2.03. The van der Waals surface area contributed by atoms with Gasteiger partial charge in [0.25, 0.3) is 5.56 Å². The zero-order valence-electron chi connectivity index (χ0n) is 9.11. The fourth-order valence-electron chi connectivity index (χ4n) is 1.62. The van der Waals surface area contributed by atoms with Crippen LogP contribution in [0.2, 0.25) is 0 Å². The number of benzene rings is 1. The maximum absolute atomic E-state index is 12.1. The minimum atomic E-state index is 0.0472. The molecule has 0 unspecified atom stereocenters. The van der Waals surface area contributed by atoms with Crippen molar-refractivity contribution in [2.45, 2.75) is 26.3 Å². The van der Waals surface area contributed by atoms with E-state index in [0.29, 0.717) is 5.39 Å². The molecule has 84 valence electrons. The molecule has 1 heterocycles. The van der Waals surface area contributed by atoms with Crippen LogP contribution in [0.15, 0.2) is 33.8 Å². The van der Waals surface area contributed by atoms with E-state index in [9.17, 15) is 4.79 Å². The summed E-state index contributed by atoms with van der Waals surface area (Å²) in [4.78, 5) is 16.3. The van der Waals surface area contributed by atoms with Gasteiger partial charge in [0.05, 0.1) is 17.2 Å². The Morgan fingerprint density at radius 2 is 2.25 bits per heavy atom. The van der Waals surface area contributed by atoms with Gasteiger partial charge in [-0.1, -0.05) is 29.3 Å². The first-order valence-electron chi connectivity index (χ1n) is 5.37. The molecule has 0 radical (unpaired) electrons. The summed E-state index contributed by atoms with van der Waals surface area (Å²) in [7, 11) is 0. The van der Waals surface area contributed by atoms with Gasteiger partial charge in [-0.05, 0) is 24.6 Å². The second-order valence-electron chi connectivity index (χ2n) is 3.76. The molecule has 0 bridgehead atoms. The Kier molecular flexibility index (Phi) is 3.39. The molecule has 0 N–H and O–H groups in total. The van der Waals surface area contributed by atoms with Gasteiger partial charge in [0.1, 0.15) is 0 Å². The Hall–Kier alpha value is -1.16. The van der Waals surface area contributed by atoms with Crippen LogP contribution >= 0.6 is 15.9 Å². The first-order chi connectivity index (χ1) is 7.72. The second kappa shape index (κ2) is 4.78. The van der Waals surface area contributed by atoms with Crippen molar-refractivity contribution < 1.29 is 0 Å². The van der Waals surface area contributed by atoms with Crippen LogP contribution in [0.1, 0.15) is 19.8 Å². The predicted octanol–water partition coefficient (Wildman–Crippen LogP) is 2.96. The summed E-state index contributed by atoms with van der Waals surface area (Å²) >= 11 is 3.37. The van der Waals surface area contributed by atoms with E-state index in [1.54, 1.807) is 10.9 Å². The number of halogens is 1. The molecular weight excluding hydrogens is 268 g/mol. The first kappa shape index (κ1) is 11.3. The third kappa shape index (κ3) is 2.16. The number of hydrogen-bond donors (Lipinski definition) is 0. The molecule has 16 heavy (non-hydrogen) atoms. The molecule has 1 aromatic heterocycles. The van der Waals surface area contributed by atoms with Gasteiger partial charge < -0.3 is 0 Å². The number of rotatable bonds is 3. The number of hydrogen-bond acceptors (Lipinski definition) is 2. The van der Waals surface area contributed by atoms with Crippen molar-refractivity contribution in [1.29, 1.82) is 0 Å². The number of fused-ring (bicyclic) bond motifs is 1. The van der Waals surface area contributed by atoms with Crippen LogP contribution in [-0.4, -0.2) is 9.55 Å². The molecule has 3 nitrogen and oxygen atoms in total. The van der Waals surface area contributed by atoms with Crippen molar-refractivity contribution in [3.63, 3.8) is 0 Å². The minimum absolute atomic E-state index is 0.0472. The molecule has 2 rings (SSSR count). The van der Waals surface area contributed by atoms with Gasteiger partial charge in [-0.2, -0.15) is 0 Å². The van der Waals surface area contributed by atoms with Crippen molar-refractivity contribution >= 4 is 26.8 Å². The van der Waals surface area contributed by atoms with Gasteiger partial charge in [0.15, 0.2) is 0 Å². The van der Waals surface area contributed by atoms with E-state index < -0.39 is 0 Å². The summed E-state index contributed by atoms with van der Waals surface area (Å²) in [6.45, 7) is 2.85. The average molecular weight is 281 g/mol. The van der Waals surface area contributed by atoms with Crippen LogP contribution < -0.4 is 5.56 Å². The van der Waals surface area contributed by atoms with Gasteiger partial charge in [-0.25, -0.2) is 4.98 Å². The van der Waals surface area contributed by atoms with E-state index in [1.165, 1.54) is 0 Å². The van der Waals surface area contributed by atoms with E-state index in [2.05, 4.69) is 27.8 Å². The summed E-state index contributed by atoms with van der Waals surface area (Å²) < 4.78 is 2.62. The topological polar surface area (TPSA) is 34.9 Å². The van der Waals surface area contributed by atoms with Gasteiger partial charge in [0.2, 0.25) is 0 Å². The molecule has 0 spiro atoms. The minimum Gasteiger partial charge on any atom is -0.299 e. The summed E-state index contributed by atoms with van der Waals surface area (Å²) in [5, 5.41) is 0.682. The van der Waals surface area contributed by atoms with Crippen molar-refractivity contribution in [2.75, 3.05) is 0 Å². The molecule has 0 aliphatic carbocycles. The van der Waals surface area contributed by atoms with Crippen molar-refractivity contribution in [1.82, 2.24) is 9.55 Å². The van der Waals surface area contributed by atoms with E-state index in [-0.39, 0.29) is 5.56 Å². The summed E-state index contributed by atoms with van der Waals surface area (Å²) in [5.74, 6) is 0. The fourth-order valence-corrected chi connectivity index (χ4v) is 1.97.